The number of carboxylic acid groups (broad SMARTS) is 1. The van der Waals surface area contributed by atoms with E-state index in [-0.39, 0.29) is 12.2 Å². The average molecular weight is 235 g/mol. The first-order chi connectivity index (χ1) is 8.06. The van der Waals surface area contributed by atoms with Crippen molar-refractivity contribution in [2.24, 2.45) is 0 Å². The lowest BCUT2D eigenvalue weighted by Crippen LogP contribution is -2.09. The zero-order valence-electron chi connectivity index (χ0n) is 9.09. The minimum Gasteiger partial charge on any atom is -0.481 e. The largest absolute Gasteiger partial charge is 0.481 e. The third-order valence-corrected chi connectivity index (χ3v) is 2.16. The molecule has 0 saturated carbocycles. The molecule has 0 radical (unpaired) electrons. The fourth-order valence-electron chi connectivity index (χ4n) is 1.50. The summed E-state index contributed by atoms with van der Waals surface area (Å²) < 4.78 is 14.2. The van der Waals surface area contributed by atoms with Crippen LogP contribution in [0.1, 0.15) is 11.6 Å². The summed E-state index contributed by atoms with van der Waals surface area (Å²) in [7, 11) is 0. The molecule has 17 heavy (non-hydrogen) atoms. The first kappa shape index (κ1) is 11.3. The number of aromatic nitrogens is 3. The van der Waals surface area contributed by atoms with Gasteiger partial charge in [0.05, 0.1) is 5.69 Å². The lowest BCUT2D eigenvalue weighted by Gasteiger charge is -2.03. The number of hydrogen-bond acceptors (Lipinski definition) is 3. The third-order valence-electron chi connectivity index (χ3n) is 2.16. The fourth-order valence-corrected chi connectivity index (χ4v) is 1.50. The molecule has 0 aliphatic heterocycles. The number of aliphatic carboxylic acids is 1. The van der Waals surface area contributed by atoms with E-state index in [9.17, 15) is 9.18 Å². The molecule has 2 aromatic rings. The van der Waals surface area contributed by atoms with Gasteiger partial charge in [0, 0.05) is 0 Å². The smallest absolute Gasteiger partial charge is 0.311 e. The van der Waals surface area contributed by atoms with Crippen molar-refractivity contribution in [3.05, 3.63) is 41.7 Å². The summed E-state index contributed by atoms with van der Waals surface area (Å²) >= 11 is 0. The topological polar surface area (TPSA) is 68.0 Å². The molecule has 5 nitrogen and oxygen atoms in total. The molecule has 0 bridgehead atoms. The molecule has 1 aromatic heterocycles. The maximum Gasteiger partial charge on any atom is 0.311 e. The number of nitrogens with zero attached hydrogens (tertiary/aromatic N) is 3. The van der Waals surface area contributed by atoms with Crippen LogP contribution in [0.15, 0.2) is 24.3 Å². The standard InChI is InChI=1S/C11H10FN3O2/c1-7-13-10(6-11(16)17)15(14-7)9-4-2-8(12)3-5-9/h2-5H,6H2,1H3,(H,16,17). The average Bonchev–Trinajstić information content (AvgIpc) is 2.59. The van der Waals surface area contributed by atoms with Crippen LogP contribution in [0.4, 0.5) is 4.39 Å². The summed E-state index contributed by atoms with van der Waals surface area (Å²) in [5.41, 5.74) is 0.586. The highest BCUT2D eigenvalue weighted by atomic mass is 19.1. The molecule has 1 aromatic carbocycles. The summed E-state index contributed by atoms with van der Waals surface area (Å²) in [6.45, 7) is 1.67. The van der Waals surface area contributed by atoms with Crippen LogP contribution in [0, 0.1) is 12.7 Å². The van der Waals surface area contributed by atoms with Crippen LogP contribution in [-0.2, 0) is 11.2 Å². The predicted octanol–water partition coefficient (Wildman–Crippen LogP) is 1.34. The maximum absolute atomic E-state index is 12.8. The molecule has 2 rings (SSSR count). The molecule has 0 atom stereocenters. The van der Waals surface area contributed by atoms with Crippen molar-refractivity contribution in [2.45, 2.75) is 13.3 Å². The number of hydrogen-bond donors (Lipinski definition) is 1. The highest BCUT2D eigenvalue weighted by Gasteiger charge is 2.12. The Morgan fingerprint density at radius 3 is 2.65 bits per heavy atom. The van der Waals surface area contributed by atoms with Gasteiger partial charge in [0.25, 0.3) is 0 Å². The number of halogens is 1. The molecule has 0 aliphatic rings. The van der Waals surface area contributed by atoms with E-state index in [0.29, 0.717) is 17.3 Å². The first-order valence-corrected chi connectivity index (χ1v) is 4.96. The molecule has 1 N–H and O–H groups in total. The number of carbonyl (C=O) groups is 1. The number of carboxylic acids is 1. The van der Waals surface area contributed by atoms with E-state index in [1.165, 1.54) is 28.9 Å². The second kappa shape index (κ2) is 4.32. The van der Waals surface area contributed by atoms with Crippen molar-refractivity contribution in [1.29, 1.82) is 0 Å². The highest BCUT2D eigenvalue weighted by Crippen LogP contribution is 2.11. The van der Waals surface area contributed by atoms with E-state index in [2.05, 4.69) is 10.1 Å². The summed E-state index contributed by atoms with van der Waals surface area (Å²) in [4.78, 5) is 14.7. The Kier molecular flexibility index (Phi) is 2.86. The molecule has 88 valence electrons. The lowest BCUT2D eigenvalue weighted by atomic mass is 10.3. The van der Waals surface area contributed by atoms with Crippen LogP contribution in [-0.4, -0.2) is 25.8 Å². The molecule has 0 unspecified atom stereocenters. The number of rotatable bonds is 3. The molecule has 1 heterocycles. The van der Waals surface area contributed by atoms with Gasteiger partial charge in [0.1, 0.15) is 23.9 Å². The van der Waals surface area contributed by atoms with Crippen molar-refractivity contribution in [3.63, 3.8) is 0 Å². The van der Waals surface area contributed by atoms with Gasteiger partial charge in [-0.15, -0.1) is 0 Å². The predicted molar refractivity (Wildman–Crippen MR) is 57.4 cm³/mol. The van der Waals surface area contributed by atoms with Gasteiger partial charge in [0.2, 0.25) is 0 Å². The Hall–Kier alpha value is -2.24. The Labute approximate surface area is 96.5 Å². The molecule has 6 heteroatoms. The van der Waals surface area contributed by atoms with Crippen LogP contribution in [0.2, 0.25) is 0 Å². The van der Waals surface area contributed by atoms with E-state index in [0.717, 1.165) is 0 Å². The highest BCUT2D eigenvalue weighted by molar-refractivity contribution is 5.69. The van der Waals surface area contributed by atoms with E-state index in [4.69, 9.17) is 5.11 Å². The van der Waals surface area contributed by atoms with Crippen LogP contribution in [0.25, 0.3) is 5.69 Å². The van der Waals surface area contributed by atoms with Crippen molar-refractivity contribution in [2.75, 3.05) is 0 Å². The second-order valence-corrected chi connectivity index (χ2v) is 3.53. The van der Waals surface area contributed by atoms with Crippen LogP contribution >= 0.6 is 0 Å². The lowest BCUT2D eigenvalue weighted by molar-refractivity contribution is -0.136. The number of benzene rings is 1. The van der Waals surface area contributed by atoms with Gasteiger partial charge in [-0.05, 0) is 31.2 Å². The molecule has 0 amide bonds. The second-order valence-electron chi connectivity index (χ2n) is 3.53. The molecular weight excluding hydrogens is 225 g/mol. The van der Waals surface area contributed by atoms with Gasteiger partial charge in [0.15, 0.2) is 0 Å². The van der Waals surface area contributed by atoms with Crippen molar-refractivity contribution >= 4 is 5.97 Å². The van der Waals surface area contributed by atoms with Gasteiger partial charge in [-0.1, -0.05) is 0 Å². The normalized spacial score (nSPS) is 10.5. The van der Waals surface area contributed by atoms with Gasteiger partial charge in [-0.25, -0.2) is 14.1 Å². The zero-order valence-corrected chi connectivity index (χ0v) is 9.09. The molecule has 0 fully saturated rings. The Morgan fingerprint density at radius 1 is 1.41 bits per heavy atom. The Bertz CT molecular complexity index is 548. The summed E-state index contributed by atoms with van der Waals surface area (Å²) in [6, 6.07) is 5.62. The minimum atomic E-state index is -0.985. The van der Waals surface area contributed by atoms with Gasteiger partial charge >= 0.3 is 5.97 Å². The number of aryl methyl sites for hydroxylation is 1. The quantitative estimate of drug-likeness (QED) is 0.871. The third kappa shape index (κ3) is 2.47. The maximum atomic E-state index is 12.8. The Morgan fingerprint density at radius 2 is 2.06 bits per heavy atom. The SMILES string of the molecule is Cc1nc(CC(=O)O)n(-c2ccc(F)cc2)n1. The molecule has 0 spiro atoms. The zero-order chi connectivity index (χ0) is 12.4. The Balaban J connectivity index is 2.43. The summed E-state index contributed by atoms with van der Waals surface area (Å²) in [5, 5.41) is 12.8. The molecule has 0 saturated heterocycles. The van der Waals surface area contributed by atoms with Gasteiger partial charge in [-0.3, -0.25) is 4.79 Å². The van der Waals surface area contributed by atoms with Gasteiger partial charge in [-0.2, -0.15) is 5.10 Å². The van der Waals surface area contributed by atoms with Crippen LogP contribution in [0.3, 0.4) is 0 Å². The van der Waals surface area contributed by atoms with Crippen LogP contribution < -0.4 is 0 Å². The van der Waals surface area contributed by atoms with Gasteiger partial charge < -0.3 is 5.11 Å². The van der Waals surface area contributed by atoms with Crippen LogP contribution in [0.5, 0.6) is 0 Å². The summed E-state index contributed by atoms with van der Waals surface area (Å²) in [5.74, 6) is -0.543. The van der Waals surface area contributed by atoms with E-state index in [1.807, 2.05) is 0 Å². The van der Waals surface area contributed by atoms with Crippen molar-refractivity contribution in [3.8, 4) is 5.69 Å². The van der Waals surface area contributed by atoms with Crippen molar-refractivity contribution < 1.29 is 14.3 Å². The summed E-state index contributed by atoms with van der Waals surface area (Å²) in [6.07, 6.45) is -0.224. The van der Waals surface area contributed by atoms with E-state index in [1.54, 1.807) is 6.92 Å². The van der Waals surface area contributed by atoms with Crippen molar-refractivity contribution in [1.82, 2.24) is 14.8 Å². The first-order valence-electron chi connectivity index (χ1n) is 4.96. The van der Waals surface area contributed by atoms with E-state index < -0.39 is 5.97 Å². The minimum absolute atomic E-state index is 0.224. The fraction of sp³-hybridized carbons (Fsp3) is 0.182. The molecule has 0 aliphatic carbocycles. The molecular formula is C11H10FN3O2. The monoisotopic (exact) mass is 235 g/mol. The van der Waals surface area contributed by atoms with E-state index >= 15 is 0 Å².